The molecule has 3 heteroatoms. The van der Waals surface area contributed by atoms with Gasteiger partial charge in [0.05, 0.1) is 0 Å². The molecular formula is C12H22O2P-. The van der Waals surface area contributed by atoms with Crippen LogP contribution in [0, 0.1) is 0 Å². The third-order valence-corrected chi connectivity index (χ3v) is 7.24. The third-order valence-electron chi connectivity index (χ3n) is 4.17. The monoisotopic (exact) mass is 229 g/mol. The molecule has 0 heterocycles. The highest BCUT2D eigenvalue weighted by molar-refractivity contribution is 7.58. The van der Waals surface area contributed by atoms with E-state index in [1.807, 2.05) is 0 Å². The average molecular weight is 229 g/mol. The fraction of sp³-hybridized carbons (Fsp3) is 1.00. The van der Waals surface area contributed by atoms with Crippen LogP contribution in [0.5, 0.6) is 0 Å². The van der Waals surface area contributed by atoms with Gasteiger partial charge in [0.15, 0.2) is 0 Å². The van der Waals surface area contributed by atoms with Crippen molar-refractivity contribution in [3.05, 3.63) is 0 Å². The molecule has 2 aliphatic carbocycles. The average Bonchev–Trinajstić information content (AvgIpc) is 2.31. The smallest absolute Gasteiger partial charge is 0.0208 e. The van der Waals surface area contributed by atoms with Gasteiger partial charge in [0, 0.05) is 18.7 Å². The van der Waals surface area contributed by atoms with E-state index >= 15 is 0 Å². The van der Waals surface area contributed by atoms with Crippen molar-refractivity contribution in [3.8, 4) is 0 Å². The van der Waals surface area contributed by atoms with E-state index in [0.717, 1.165) is 51.4 Å². The summed E-state index contributed by atoms with van der Waals surface area (Å²) in [5, 5.41) is 0. The van der Waals surface area contributed by atoms with Crippen molar-refractivity contribution in [2.24, 2.45) is 0 Å². The van der Waals surface area contributed by atoms with Crippen molar-refractivity contribution in [2.75, 3.05) is 0 Å². The van der Waals surface area contributed by atoms with Crippen LogP contribution in [0.1, 0.15) is 64.2 Å². The molecule has 0 aromatic rings. The van der Waals surface area contributed by atoms with Crippen LogP contribution in [0.3, 0.4) is 0 Å². The van der Waals surface area contributed by atoms with Gasteiger partial charge in [-0.3, -0.25) is 0 Å². The summed E-state index contributed by atoms with van der Waals surface area (Å²) in [7, 11) is -3.09. The lowest BCUT2D eigenvalue weighted by atomic mass is 10.00. The molecule has 0 atom stereocenters. The molecule has 2 rings (SSSR count). The Morgan fingerprint density at radius 1 is 0.733 bits per heavy atom. The normalized spacial score (nSPS) is 26.7. The first-order valence-electron chi connectivity index (χ1n) is 6.51. The summed E-state index contributed by atoms with van der Waals surface area (Å²) >= 11 is 0. The predicted octanol–water partition coefficient (Wildman–Crippen LogP) is 3.29. The molecule has 0 unspecified atom stereocenters. The largest absolute Gasteiger partial charge is 0.799 e. The first kappa shape index (κ1) is 11.7. The van der Waals surface area contributed by atoms with Crippen molar-refractivity contribution >= 4 is 7.37 Å². The molecular weight excluding hydrogens is 207 g/mol. The first-order valence-corrected chi connectivity index (χ1v) is 8.28. The van der Waals surface area contributed by atoms with Gasteiger partial charge in [-0.25, -0.2) is 0 Å². The highest BCUT2D eigenvalue weighted by atomic mass is 31.2. The number of hydrogen-bond acceptors (Lipinski definition) is 2. The van der Waals surface area contributed by atoms with Crippen molar-refractivity contribution in [2.45, 2.75) is 75.5 Å². The second-order valence-electron chi connectivity index (χ2n) is 5.23. The lowest BCUT2D eigenvalue weighted by Crippen LogP contribution is -2.29. The summed E-state index contributed by atoms with van der Waals surface area (Å²) in [5.41, 5.74) is 0.0729. The molecule has 0 aromatic carbocycles. The first-order chi connectivity index (χ1) is 7.21. The fourth-order valence-electron chi connectivity index (χ4n) is 3.18. The predicted molar refractivity (Wildman–Crippen MR) is 61.4 cm³/mol. The number of rotatable bonds is 2. The lowest BCUT2D eigenvalue weighted by Gasteiger charge is -2.42. The SMILES string of the molecule is O=P([O-])(C1CCCCC1)C1CCCCC1. The molecule has 0 amide bonds. The molecule has 2 saturated carbocycles. The second-order valence-corrected chi connectivity index (χ2v) is 7.98. The fourth-order valence-corrected chi connectivity index (χ4v) is 5.95. The van der Waals surface area contributed by atoms with Crippen molar-refractivity contribution in [3.63, 3.8) is 0 Å². The van der Waals surface area contributed by atoms with E-state index in [1.165, 1.54) is 12.8 Å². The molecule has 0 N–H and O–H groups in total. The van der Waals surface area contributed by atoms with Crippen LogP contribution in [0.15, 0.2) is 0 Å². The molecule has 0 aromatic heterocycles. The second kappa shape index (κ2) is 5.01. The zero-order valence-corrected chi connectivity index (χ0v) is 10.4. The lowest BCUT2D eigenvalue weighted by molar-refractivity contribution is -0.181. The third kappa shape index (κ3) is 2.65. The maximum atomic E-state index is 12.4. The van der Waals surface area contributed by atoms with Crippen LogP contribution in [-0.4, -0.2) is 11.3 Å². The molecule has 2 aliphatic rings. The van der Waals surface area contributed by atoms with Gasteiger partial charge in [-0.05, 0) is 25.7 Å². The number of hydrogen-bond donors (Lipinski definition) is 0. The van der Waals surface area contributed by atoms with E-state index in [-0.39, 0.29) is 11.3 Å². The maximum Gasteiger partial charge on any atom is 0.0208 e. The van der Waals surface area contributed by atoms with E-state index in [2.05, 4.69) is 0 Å². The zero-order valence-electron chi connectivity index (χ0n) is 9.49. The summed E-state index contributed by atoms with van der Waals surface area (Å²) in [6, 6.07) is 0. The van der Waals surface area contributed by atoms with Gasteiger partial charge < -0.3 is 9.46 Å². The Bertz CT molecular complexity index is 218. The Morgan fingerprint density at radius 2 is 1.07 bits per heavy atom. The van der Waals surface area contributed by atoms with E-state index in [0.29, 0.717) is 0 Å². The quantitative estimate of drug-likeness (QED) is 0.682. The molecule has 0 aliphatic heterocycles. The molecule has 15 heavy (non-hydrogen) atoms. The van der Waals surface area contributed by atoms with E-state index in [1.54, 1.807) is 0 Å². The molecule has 0 radical (unpaired) electrons. The Labute approximate surface area is 92.9 Å². The zero-order chi connectivity index (χ0) is 10.7. The summed E-state index contributed by atoms with van der Waals surface area (Å²) in [5.74, 6) is 0. The molecule has 2 fully saturated rings. The van der Waals surface area contributed by atoms with Crippen molar-refractivity contribution in [1.29, 1.82) is 0 Å². The van der Waals surface area contributed by atoms with Crippen LogP contribution in [-0.2, 0) is 4.57 Å². The van der Waals surface area contributed by atoms with E-state index in [4.69, 9.17) is 0 Å². The van der Waals surface area contributed by atoms with Gasteiger partial charge in [0.25, 0.3) is 0 Å². The molecule has 0 bridgehead atoms. The van der Waals surface area contributed by atoms with Crippen LogP contribution in [0.2, 0.25) is 0 Å². The van der Waals surface area contributed by atoms with E-state index < -0.39 is 7.37 Å². The molecule has 88 valence electrons. The van der Waals surface area contributed by atoms with Crippen molar-refractivity contribution < 1.29 is 9.46 Å². The Kier molecular flexibility index (Phi) is 3.90. The van der Waals surface area contributed by atoms with Gasteiger partial charge in [0.1, 0.15) is 0 Å². The highest BCUT2D eigenvalue weighted by Gasteiger charge is 2.32. The Morgan fingerprint density at radius 3 is 1.40 bits per heavy atom. The Hall–Kier alpha value is 0.190. The summed E-state index contributed by atoms with van der Waals surface area (Å²) in [6.07, 6.45) is 10.8. The van der Waals surface area contributed by atoms with Crippen LogP contribution < -0.4 is 4.89 Å². The minimum atomic E-state index is -3.09. The summed E-state index contributed by atoms with van der Waals surface area (Å²) in [4.78, 5) is 12.4. The highest BCUT2D eigenvalue weighted by Crippen LogP contribution is 2.56. The summed E-state index contributed by atoms with van der Waals surface area (Å²) < 4.78 is 12.4. The topological polar surface area (TPSA) is 40.1 Å². The minimum Gasteiger partial charge on any atom is -0.799 e. The maximum absolute atomic E-state index is 12.4. The molecule has 0 saturated heterocycles. The van der Waals surface area contributed by atoms with Gasteiger partial charge in [-0.15, -0.1) is 0 Å². The molecule has 0 spiro atoms. The molecule has 2 nitrogen and oxygen atoms in total. The standard InChI is InChI=1S/C12H23O2P/c13-15(14,11-7-3-1-4-8-11)12-9-5-2-6-10-12/h11-12H,1-10H2,(H,13,14)/p-1. The summed E-state index contributed by atoms with van der Waals surface area (Å²) in [6.45, 7) is 0. The van der Waals surface area contributed by atoms with Crippen molar-refractivity contribution in [1.82, 2.24) is 0 Å². The minimum absolute atomic E-state index is 0.0364. The van der Waals surface area contributed by atoms with Crippen LogP contribution >= 0.6 is 7.37 Å². The van der Waals surface area contributed by atoms with Crippen LogP contribution in [0.25, 0.3) is 0 Å². The van der Waals surface area contributed by atoms with Crippen LogP contribution in [0.4, 0.5) is 0 Å². The van der Waals surface area contributed by atoms with Gasteiger partial charge in [-0.1, -0.05) is 38.5 Å². The van der Waals surface area contributed by atoms with Gasteiger partial charge in [-0.2, -0.15) is 0 Å². The van der Waals surface area contributed by atoms with Gasteiger partial charge in [0.2, 0.25) is 0 Å². The van der Waals surface area contributed by atoms with E-state index in [9.17, 15) is 9.46 Å². The van der Waals surface area contributed by atoms with Gasteiger partial charge >= 0.3 is 0 Å². The Balaban J connectivity index is 1.99.